The number of halogens is 4. The van der Waals surface area contributed by atoms with Crippen LogP contribution in [0.2, 0.25) is 5.02 Å². The summed E-state index contributed by atoms with van der Waals surface area (Å²) in [7, 11) is 1.19. The van der Waals surface area contributed by atoms with Gasteiger partial charge in [0, 0.05) is 16.3 Å². The van der Waals surface area contributed by atoms with E-state index in [1.54, 1.807) is 24.3 Å². The van der Waals surface area contributed by atoms with Gasteiger partial charge in [0.1, 0.15) is 11.8 Å². The number of carbonyl (C=O) groups is 2. The molecule has 168 valence electrons. The molecule has 8 nitrogen and oxygen atoms in total. The number of hydrogen-bond acceptors (Lipinski definition) is 7. The van der Waals surface area contributed by atoms with E-state index in [0.29, 0.717) is 22.7 Å². The van der Waals surface area contributed by atoms with E-state index < -0.39 is 24.1 Å². The molecule has 0 bridgehead atoms. The molecule has 3 rings (SSSR count). The first-order valence-corrected chi connectivity index (χ1v) is 9.34. The zero-order valence-electron chi connectivity index (χ0n) is 16.4. The first-order valence-electron chi connectivity index (χ1n) is 8.96. The lowest BCUT2D eigenvalue weighted by atomic mass is 10.1. The first-order chi connectivity index (χ1) is 15.2. The summed E-state index contributed by atoms with van der Waals surface area (Å²) in [6.07, 6.45) is -4.62. The molecule has 0 aliphatic heterocycles. The third kappa shape index (κ3) is 5.76. The van der Waals surface area contributed by atoms with Crippen molar-refractivity contribution in [1.82, 2.24) is 10.1 Å². The summed E-state index contributed by atoms with van der Waals surface area (Å²) in [5.74, 6) is -1.09. The maximum atomic E-state index is 12.3. The van der Waals surface area contributed by atoms with Gasteiger partial charge in [-0.1, -0.05) is 16.8 Å². The van der Waals surface area contributed by atoms with Crippen molar-refractivity contribution in [2.75, 3.05) is 12.0 Å². The van der Waals surface area contributed by atoms with Crippen molar-refractivity contribution in [2.45, 2.75) is 18.8 Å². The largest absolute Gasteiger partial charge is 0.573 e. The van der Waals surface area contributed by atoms with Crippen molar-refractivity contribution in [2.24, 2.45) is 0 Å². The Labute approximate surface area is 184 Å². The Bertz CT molecular complexity index is 1070. The lowest BCUT2D eigenvalue weighted by Gasteiger charge is -2.24. The van der Waals surface area contributed by atoms with Gasteiger partial charge in [-0.3, -0.25) is 9.59 Å². The van der Waals surface area contributed by atoms with Crippen molar-refractivity contribution in [1.29, 1.82) is 0 Å². The molecule has 1 atom stereocenters. The lowest BCUT2D eigenvalue weighted by Crippen LogP contribution is -2.29. The Kier molecular flexibility index (Phi) is 6.98. The van der Waals surface area contributed by atoms with Gasteiger partial charge in [-0.05, 0) is 48.5 Å². The highest BCUT2D eigenvalue weighted by atomic mass is 35.5. The Morgan fingerprint density at radius 1 is 1.19 bits per heavy atom. The number of alkyl halides is 3. The molecular formula is C20H15ClF3N3O5. The number of esters is 1. The minimum atomic E-state index is -4.82. The number of rotatable bonds is 8. The Hall–Kier alpha value is -3.60. The molecule has 1 heterocycles. The number of carbonyl (C=O) groups excluding carboxylic acids is 2. The van der Waals surface area contributed by atoms with Crippen molar-refractivity contribution in [3.63, 3.8) is 0 Å². The van der Waals surface area contributed by atoms with E-state index in [4.69, 9.17) is 20.9 Å². The molecule has 1 aromatic heterocycles. The van der Waals surface area contributed by atoms with Gasteiger partial charge >= 0.3 is 12.3 Å². The number of ether oxygens (including phenoxy) is 2. The van der Waals surface area contributed by atoms with Crippen LogP contribution in [0.25, 0.3) is 11.4 Å². The standard InChI is InChI=1S/C20H15ClF3N3O5/c1-30-17(29)10-16(27(11-28)14-6-4-13(21)5-7-14)19-25-18(26-32-19)12-2-8-15(9-3-12)31-20(22,23)24/h2-9,11,16H,10H2,1H3. The molecule has 12 heteroatoms. The molecule has 1 unspecified atom stereocenters. The van der Waals surface area contributed by atoms with Crippen molar-refractivity contribution >= 4 is 29.7 Å². The van der Waals surface area contributed by atoms with Gasteiger partial charge < -0.3 is 18.9 Å². The van der Waals surface area contributed by atoms with Crippen molar-refractivity contribution < 1.29 is 36.8 Å². The Morgan fingerprint density at radius 2 is 1.84 bits per heavy atom. The fourth-order valence-electron chi connectivity index (χ4n) is 2.77. The van der Waals surface area contributed by atoms with Gasteiger partial charge in [-0.15, -0.1) is 13.2 Å². The van der Waals surface area contributed by atoms with E-state index >= 15 is 0 Å². The molecule has 32 heavy (non-hydrogen) atoms. The highest BCUT2D eigenvalue weighted by Gasteiger charge is 2.32. The minimum absolute atomic E-state index is 0.0374. The van der Waals surface area contributed by atoms with Gasteiger partial charge in [0.15, 0.2) is 0 Å². The molecule has 0 aliphatic carbocycles. The van der Waals surface area contributed by atoms with Crippen LogP contribution in [0.3, 0.4) is 0 Å². The normalized spacial score (nSPS) is 12.2. The van der Waals surface area contributed by atoms with Gasteiger partial charge in [0.25, 0.3) is 5.89 Å². The van der Waals surface area contributed by atoms with Crippen molar-refractivity contribution in [3.05, 3.63) is 59.4 Å². The molecule has 0 N–H and O–H groups in total. The Balaban J connectivity index is 1.90. The van der Waals surface area contributed by atoms with E-state index in [-0.39, 0.29) is 18.1 Å². The second-order valence-electron chi connectivity index (χ2n) is 6.31. The number of aromatic nitrogens is 2. The molecule has 2 aromatic carbocycles. The molecule has 3 aromatic rings. The lowest BCUT2D eigenvalue weighted by molar-refractivity contribution is -0.274. The summed E-state index contributed by atoms with van der Waals surface area (Å²) in [4.78, 5) is 29.2. The van der Waals surface area contributed by atoms with Crippen LogP contribution in [0.5, 0.6) is 5.75 Å². The molecule has 0 spiro atoms. The van der Waals surface area contributed by atoms with Crippen LogP contribution in [0.15, 0.2) is 53.1 Å². The average molecular weight is 470 g/mol. The monoisotopic (exact) mass is 469 g/mol. The first kappa shape index (κ1) is 23.1. The number of methoxy groups -OCH3 is 1. The molecule has 1 amide bonds. The van der Waals surface area contributed by atoms with Gasteiger partial charge in [-0.2, -0.15) is 4.98 Å². The minimum Gasteiger partial charge on any atom is -0.469 e. The van der Waals surface area contributed by atoms with E-state index in [2.05, 4.69) is 14.9 Å². The van der Waals surface area contributed by atoms with Gasteiger partial charge in [0.2, 0.25) is 12.2 Å². The number of hydrogen-bond donors (Lipinski definition) is 0. The molecule has 0 saturated heterocycles. The maximum absolute atomic E-state index is 12.3. The van der Waals surface area contributed by atoms with Crippen LogP contribution in [-0.2, 0) is 14.3 Å². The highest BCUT2D eigenvalue weighted by Crippen LogP contribution is 2.31. The van der Waals surface area contributed by atoms with Gasteiger partial charge in [-0.25, -0.2) is 0 Å². The predicted octanol–water partition coefficient (Wildman–Crippen LogP) is 4.56. The third-order valence-corrected chi connectivity index (χ3v) is 4.49. The van der Waals surface area contributed by atoms with Crippen LogP contribution in [0.4, 0.5) is 18.9 Å². The molecule has 0 radical (unpaired) electrons. The second-order valence-corrected chi connectivity index (χ2v) is 6.75. The summed E-state index contributed by atoms with van der Waals surface area (Å²) in [5, 5.41) is 4.25. The van der Waals surface area contributed by atoms with Crippen LogP contribution >= 0.6 is 11.6 Å². The molecule has 0 saturated carbocycles. The van der Waals surface area contributed by atoms with Crippen molar-refractivity contribution in [3.8, 4) is 17.1 Å². The van der Waals surface area contributed by atoms with Crippen LogP contribution < -0.4 is 9.64 Å². The van der Waals surface area contributed by atoms with Crippen LogP contribution in [-0.4, -0.2) is 36.0 Å². The molecule has 0 aliphatic rings. The summed E-state index contributed by atoms with van der Waals surface area (Å²) in [5.41, 5.74) is 0.738. The summed E-state index contributed by atoms with van der Waals surface area (Å²) in [6, 6.07) is 10.1. The number of amides is 1. The predicted molar refractivity (Wildman–Crippen MR) is 106 cm³/mol. The smallest absolute Gasteiger partial charge is 0.469 e. The van der Waals surface area contributed by atoms with Gasteiger partial charge in [0.05, 0.1) is 13.5 Å². The highest BCUT2D eigenvalue weighted by molar-refractivity contribution is 6.30. The molecular weight excluding hydrogens is 455 g/mol. The van der Waals surface area contributed by atoms with E-state index in [0.717, 1.165) is 12.1 Å². The van der Waals surface area contributed by atoms with E-state index in [1.807, 2.05) is 0 Å². The second kappa shape index (κ2) is 9.69. The van der Waals surface area contributed by atoms with E-state index in [9.17, 15) is 22.8 Å². The molecule has 0 fully saturated rings. The van der Waals surface area contributed by atoms with E-state index in [1.165, 1.54) is 24.1 Å². The maximum Gasteiger partial charge on any atom is 0.573 e. The fourth-order valence-corrected chi connectivity index (χ4v) is 2.89. The number of benzene rings is 2. The Morgan fingerprint density at radius 3 is 2.41 bits per heavy atom. The summed E-state index contributed by atoms with van der Waals surface area (Å²) >= 11 is 5.89. The van der Waals surface area contributed by atoms with Crippen LogP contribution in [0, 0.1) is 0 Å². The third-order valence-electron chi connectivity index (χ3n) is 4.23. The number of anilines is 1. The topological polar surface area (TPSA) is 94.8 Å². The summed E-state index contributed by atoms with van der Waals surface area (Å²) < 4.78 is 50.7. The van der Waals surface area contributed by atoms with Crippen LogP contribution in [0.1, 0.15) is 18.4 Å². The zero-order chi connectivity index (χ0) is 23.3. The summed E-state index contributed by atoms with van der Waals surface area (Å²) in [6.45, 7) is 0. The zero-order valence-corrected chi connectivity index (χ0v) is 17.1. The SMILES string of the molecule is COC(=O)CC(c1nc(-c2ccc(OC(F)(F)F)cc2)no1)N(C=O)c1ccc(Cl)cc1. The quantitative estimate of drug-likeness (QED) is 0.352. The fraction of sp³-hybridized carbons (Fsp3) is 0.200. The average Bonchev–Trinajstić information content (AvgIpc) is 3.24. The number of nitrogens with zero attached hydrogens (tertiary/aromatic N) is 3.